The smallest absolute Gasteiger partial charge is 0.243 e. The van der Waals surface area contributed by atoms with Crippen molar-refractivity contribution in [3.63, 3.8) is 0 Å². The van der Waals surface area contributed by atoms with Crippen LogP contribution in [0.1, 0.15) is 38.2 Å². The van der Waals surface area contributed by atoms with E-state index in [0.717, 1.165) is 25.0 Å². The molecule has 2 saturated heterocycles. The summed E-state index contributed by atoms with van der Waals surface area (Å²) in [4.78, 5) is 25.0. The van der Waals surface area contributed by atoms with Gasteiger partial charge in [-0.3, -0.25) is 9.59 Å². The Hall–Kier alpha value is -1.97. The van der Waals surface area contributed by atoms with Crippen LogP contribution in [0.15, 0.2) is 29.2 Å². The number of hydrogen-bond acceptors (Lipinski definition) is 5. The third kappa shape index (κ3) is 5.59. The molecule has 2 atom stereocenters. The van der Waals surface area contributed by atoms with Crippen molar-refractivity contribution in [3.05, 3.63) is 29.8 Å². The lowest BCUT2D eigenvalue weighted by molar-refractivity contribution is -0.131. The van der Waals surface area contributed by atoms with Crippen LogP contribution in [0.25, 0.3) is 0 Å². The summed E-state index contributed by atoms with van der Waals surface area (Å²) in [5.41, 5.74) is 0.998. The molecule has 8 nitrogen and oxygen atoms in total. The van der Waals surface area contributed by atoms with Crippen molar-refractivity contribution in [2.24, 2.45) is 5.92 Å². The zero-order valence-electron chi connectivity index (χ0n) is 17.6. The third-order valence-corrected chi connectivity index (χ3v) is 7.68. The minimum atomic E-state index is -3.55. The minimum absolute atomic E-state index is 0.0525. The van der Waals surface area contributed by atoms with Gasteiger partial charge in [-0.05, 0) is 51.7 Å². The zero-order valence-corrected chi connectivity index (χ0v) is 18.4. The average molecular weight is 438 g/mol. The van der Waals surface area contributed by atoms with Gasteiger partial charge in [0, 0.05) is 32.2 Å². The zero-order chi connectivity index (χ0) is 21.7. The standard InChI is InChI=1S/C21H31N3O5S/c1-15-5-7-19(8-6-15)30(27,28)24-11-9-17(10-12-24)21(26)23-16(2)20(25)22-14-18-4-3-13-29-18/h5-8,16-18H,3-4,9-14H2,1-2H3,(H,22,25)(H,23,26)/t16-,18?/m0/s1. The number of piperidine rings is 1. The number of hydrogen-bond donors (Lipinski definition) is 2. The van der Waals surface area contributed by atoms with Crippen molar-refractivity contribution >= 4 is 21.8 Å². The monoisotopic (exact) mass is 437 g/mol. The molecule has 1 aromatic rings. The number of nitrogens with zero attached hydrogens (tertiary/aromatic N) is 1. The number of aryl methyl sites for hydroxylation is 1. The second kappa shape index (κ2) is 9.89. The molecule has 0 spiro atoms. The summed E-state index contributed by atoms with van der Waals surface area (Å²) in [6.45, 7) is 5.31. The lowest BCUT2D eigenvalue weighted by Gasteiger charge is -2.31. The second-order valence-corrected chi connectivity index (χ2v) is 10.0. The van der Waals surface area contributed by atoms with Gasteiger partial charge in [0.1, 0.15) is 6.04 Å². The molecule has 0 bridgehead atoms. The number of amides is 2. The Morgan fingerprint density at radius 2 is 1.83 bits per heavy atom. The lowest BCUT2D eigenvalue weighted by Crippen LogP contribution is -2.50. The fourth-order valence-corrected chi connectivity index (χ4v) is 5.26. The highest BCUT2D eigenvalue weighted by Gasteiger charge is 2.33. The molecular weight excluding hydrogens is 406 g/mol. The first-order valence-corrected chi connectivity index (χ1v) is 12.0. The van der Waals surface area contributed by atoms with Crippen LogP contribution < -0.4 is 10.6 Å². The number of rotatable bonds is 7. The number of carbonyl (C=O) groups is 2. The molecule has 2 aliphatic rings. The van der Waals surface area contributed by atoms with E-state index in [-0.39, 0.29) is 41.8 Å². The van der Waals surface area contributed by atoms with Crippen LogP contribution in [0.3, 0.4) is 0 Å². The van der Waals surface area contributed by atoms with Gasteiger partial charge in [-0.2, -0.15) is 4.31 Å². The minimum Gasteiger partial charge on any atom is -0.376 e. The van der Waals surface area contributed by atoms with Crippen LogP contribution in [0.2, 0.25) is 0 Å². The summed E-state index contributed by atoms with van der Waals surface area (Å²) in [6, 6.07) is 6.13. The number of nitrogens with one attached hydrogen (secondary N) is 2. The summed E-state index contributed by atoms with van der Waals surface area (Å²) in [5, 5.41) is 5.57. The van der Waals surface area contributed by atoms with Crippen molar-refractivity contribution in [2.75, 3.05) is 26.2 Å². The van der Waals surface area contributed by atoms with Gasteiger partial charge >= 0.3 is 0 Å². The van der Waals surface area contributed by atoms with E-state index in [1.807, 2.05) is 6.92 Å². The maximum Gasteiger partial charge on any atom is 0.243 e. The molecule has 0 aliphatic carbocycles. The normalized spacial score (nSPS) is 21.9. The molecule has 1 unspecified atom stereocenters. The number of carbonyl (C=O) groups excluding carboxylic acids is 2. The highest BCUT2D eigenvalue weighted by molar-refractivity contribution is 7.89. The van der Waals surface area contributed by atoms with E-state index in [2.05, 4.69) is 10.6 Å². The quantitative estimate of drug-likeness (QED) is 0.667. The summed E-state index contributed by atoms with van der Waals surface area (Å²) in [7, 11) is -3.55. The van der Waals surface area contributed by atoms with Crippen LogP contribution in [-0.4, -0.2) is 62.9 Å². The lowest BCUT2D eigenvalue weighted by atomic mass is 9.97. The van der Waals surface area contributed by atoms with Gasteiger partial charge in [-0.25, -0.2) is 8.42 Å². The first-order valence-electron chi connectivity index (χ1n) is 10.5. The molecule has 3 rings (SSSR count). The Balaban J connectivity index is 1.46. The van der Waals surface area contributed by atoms with E-state index >= 15 is 0 Å². The summed E-state index contributed by atoms with van der Waals surface area (Å²) in [5.74, 6) is -0.747. The van der Waals surface area contributed by atoms with Gasteiger partial charge in [0.2, 0.25) is 21.8 Å². The second-order valence-electron chi connectivity index (χ2n) is 8.10. The van der Waals surface area contributed by atoms with Gasteiger partial charge in [0.25, 0.3) is 0 Å². The fraction of sp³-hybridized carbons (Fsp3) is 0.619. The molecule has 0 saturated carbocycles. The molecular formula is C21H31N3O5S. The maximum atomic E-state index is 12.8. The first-order chi connectivity index (χ1) is 14.3. The van der Waals surface area contributed by atoms with Crippen molar-refractivity contribution in [1.29, 1.82) is 0 Å². The Labute approximate surface area is 178 Å². The van der Waals surface area contributed by atoms with Crippen LogP contribution in [0.4, 0.5) is 0 Å². The number of ether oxygens (including phenoxy) is 1. The first kappa shape index (κ1) is 22.7. The van der Waals surface area contributed by atoms with E-state index in [4.69, 9.17) is 4.74 Å². The van der Waals surface area contributed by atoms with Crippen molar-refractivity contribution < 1.29 is 22.7 Å². The molecule has 9 heteroatoms. The summed E-state index contributed by atoms with van der Waals surface area (Å²) in [6.07, 6.45) is 2.86. The van der Waals surface area contributed by atoms with E-state index < -0.39 is 16.1 Å². The Morgan fingerprint density at radius 3 is 2.43 bits per heavy atom. The van der Waals surface area contributed by atoms with Gasteiger partial charge in [-0.1, -0.05) is 17.7 Å². The summed E-state index contributed by atoms with van der Waals surface area (Å²) >= 11 is 0. The van der Waals surface area contributed by atoms with Crippen LogP contribution in [-0.2, 0) is 24.3 Å². The topological polar surface area (TPSA) is 105 Å². The number of sulfonamides is 1. The summed E-state index contributed by atoms with van der Waals surface area (Å²) < 4.78 is 32.5. The predicted octanol–water partition coefficient (Wildman–Crippen LogP) is 1.20. The molecule has 0 aromatic heterocycles. The molecule has 2 amide bonds. The van der Waals surface area contributed by atoms with Crippen molar-refractivity contribution in [3.8, 4) is 0 Å². The van der Waals surface area contributed by atoms with Crippen LogP contribution in [0.5, 0.6) is 0 Å². The molecule has 2 N–H and O–H groups in total. The molecule has 166 valence electrons. The Kier molecular flexibility index (Phi) is 7.49. The van der Waals surface area contributed by atoms with Crippen molar-refractivity contribution in [2.45, 2.75) is 56.6 Å². The number of benzene rings is 1. The van der Waals surface area contributed by atoms with Crippen LogP contribution in [0, 0.1) is 12.8 Å². The van der Waals surface area contributed by atoms with Gasteiger partial charge < -0.3 is 15.4 Å². The Bertz CT molecular complexity index is 842. The Morgan fingerprint density at radius 1 is 1.17 bits per heavy atom. The molecule has 2 fully saturated rings. The largest absolute Gasteiger partial charge is 0.376 e. The van der Waals surface area contributed by atoms with Gasteiger partial charge in [-0.15, -0.1) is 0 Å². The molecule has 2 heterocycles. The van der Waals surface area contributed by atoms with E-state index in [1.165, 1.54) is 4.31 Å². The molecule has 30 heavy (non-hydrogen) atoms. The predicted molar refractivity (Wildman–Crippen MR) is 112 cm³/mol. The van der Waals surface area contributed by atoms with E-state index in [9.17, 15) is 18.0 Å². The highest BCUT2D eigenvalue weighted by Crippen LogP contribution is 2.24. The average Bonchev–Trinajstić information content (AvgIpc) is 3.26. The van der Waals surface area contributed by atoms with Crippen LogP contribution >= 0.6 is 0 Å². The van der Waals surface area contributed by atoms with Gasteiger partial charge in [0.15, 0.2) is 0 Å². The highest BCUT2D eigenvalue weighted by atomic mass is 32.2. The van der Waals surface area contributed by atoms with Crippen molar-refractivity contribution in [1.82, 2.24) is 14.9 Å². The molecule has 1 aromatic carbocycles. The maximum absolute atomic E-state index is 12.8. The van der Waals surface area contributed by atoms with E-state index in [0.29, 0.717) is 19.4 Å². The molecule has 0 radical (unpaired) electrons. The van der Waals surface area contributed by atoms with E-state index in [1.54, 1.807) is 31.2 Å². The third-order valence-electron chi connectivity index (χ3n) is 5.76. The van der Waals surface area contributed by atoms with Gasteiger partial charge in [0.05, 0.1) is 11.0 Å². The molecule has 2 aliphatic heterocycles. The fourth-order valence-electron chi connectivity index (χ4n) is 3.79. The SMILES string of the molecule is Cc1ccc(S(=O)(=O)N2CCC(C(=O)N[C@@H](C)C(=O)NCC3CCCO3)CC2)cc1.